The standard InChI is InChI=1S/C14H9BrF4N.Y/c1-8-12(15)2-3-13(20(8)7-14(18)19)9-4-10(16)6-11(17)5-9;/h2,4-6,14H,1,7H2;/q-1;. The SMILES string of the molecule is C=C1C(Br)=C[C-]=C(c2cc(F)cc(F)c2)N1CC(F)F.[Y]. The number of hydrogen-bond donors (Lipinski definition) is 0. The van der Waals surface area contributed by atoms with E-state index in [-0.39, 0.29) is 49.7 Å². The maximum atomic E-state index is 13.3. The number of benzene rings is 1. The minimum atomic E-state index is -2.62. The molecule has 0 saturated carbocycles. The third-order valence-corrected chi connectivity index (χ3v) is 3.35. The number of hydrogen-bond acceptors (Lipinski definition) is 1. The van der Waals surface area contributed by atoms with E-state index in [2.05, 4.69) is 28.6 Å². The van der Waals surface area contributed by atoms with E-state index in [0.717, 1.165) is 12.1 Å². The Balaban J connectivity index is 0.00000220. The van der Waals surface area contributed by atoms with E-state index < -0.39 is 24.6 Å². The zero-order chi connectivity index (χ0) is 14.9. The molecule has 0 unspecified atom stereocenters. The van der Waals surface area contributed by atoms with Crippen LogP contribution in [0.1, 0.15) is 5.56 Å². The van der Waals surface area contributed by atoms with Crippen LogP contribution in [0, 0.1) is 17.7 Å². The summed E-state index contributed by atoms with van der Waals surface area (Å²) < 4.78 is 52.3. The second kappa shape index (κ2) is 7.70. The van der Waals surface area contributed by atoms with Crippen LogP contribution in [0.3, 0.4) is 0 Å². The molecule has 1 aliphatic rings. The van der Waals surface area contributed by atoms with E-state index in [1.165, 1.54) is 11.0 Å². The van der Waals surface area contributed by atoms with Gasteiger partial charge < -0.3 is 4.90 Å². The maximum absolute atomic E-state index is 13.3. The predicted octanol–water partition coefficient (Wildman–Crippen LogP) is 4.48. The van der Waals surface area contributed by atoms with Crippen molar-refractivity contribution in [3.63, 3.8) is 0 Å². The van der Waals surface area contributed by atoms with Crippen molar-refractivity contribution in [2.24, 2.45) is 0 Å². The summed E-state index contributed by atoms with van der Waals surface area (Å²) >= 11 is 3.16. The monoisotopic (exact) mass is 435 g/mol. The summed E-state index contributed by atoms with van der Waals surface area (Å²) in [5.74, 6) is -1.57. The predicted molar refractivity (Wildman–Crippen MR) is 71.9 cm³/mol. The Morgan fingerprint density at radius 1 is 1.19 bits per heavy atom. The quantitative estimate of drug-likeness (QED) is 0.499. The van der Waals surface area contributed by atoms with Crippen molar-refractivity contribution in [3.05, 3.63) is 64.3 Å². The van der Waals surface area contributed by atoms with E-state index in [4.69, 9.17) is 0 Å². The Kier molecular flexibility index (Phi) is 6.82. The van der Waals surface area contributed by atoms with E-state index in [0.29, 0.717) is 10.5 Å². The Labute approximate surface area is 153 Å². The maximum Gasteiger partial charge on any atom is 0.256 e. The molecule has 1 aromatic rings. The third kappa shape index (κ3) is 4.50. The van der Waals surface area contributed by atoms with Gasteiger partial charge in [0, 0.05) is 38.8 Å². The fourth-order valence-corrected chi connectivity index (χ4v) is 2.15. The number of rotatable bonds is 3. The topological polar surface area (TPSA) is 3.24 Å². The van der Waals surface area contributed by atoms with Crippen molar-refractivity contribution in [2.75, 3.05) is 6.54 Å². The Morgan fingerprint density at radius 2 is 1.76 bits per heavy atom. The van der Waals surface area contributed by atoms with Gasteiger partial charge in [-0.05, 0) is 5.70 Å². The van der Waals surface area contributed by atoms with Crippen LogP contribution in [0.4, 0.5) is 17.6 Å². The van der Waals surface area contributed by atoms with Gasteiger partial charge >= 0.3 is 0 Å². The fourth-order valence-electron chi connectivity index (χ4n) is 1.83. The molecule has 21 heavy (non-hydrogen) atoms. The average Bonchev–Trinajstić information content (AvgIpc) is 2.33. The molecule has 1 aromatic carbocycles. The zero-order valence-electron chi connectivity index (χ0n) is 10.7. The van der Waals surface area contributed by atoms with Crippen LogP contribution in [0.25, 0.3) is 5.70 Å². The largest absolute Gasteiger partial charge is 0.369 e. The van der Waals surface area contributed by atoms with Crippen LogP contribution >= 0.6 is 15.9 Å². The van der Waals surface area contributed by atoms with E-state index in [1.807, 2.05) is 0 Å². The smallest absolute Gasteiger partial charge is 0.256 e. The van der Waals surface area contributed by atoms with Crippen molar-refractivity contribution in [3.8, 4) is 0 Å². The van der Waals surface area contributed by atoms with Gasteiger partial charge in [0.25, 0.3) is 6.43 Å². The van der Waals surface area contributed by atoms with Crippen molar-refractivity contribution in [1.29, 1.82) is 0 Å². The molecule has 2 rings (SSSR count). The van der Waals surface area contributed by atoms with Crippen LogP contribution in [-0.4, -0.2) is 17.9 Å². The van der Waals surface area contributed by atoms with Gasteiger partial charge in [-0.25, -0.2) is 17.6 Å². The second-order valence-electron chi connectivity index (χ2n) is 4.09. The molecular formula is C14H9BrF4NY-. The average molecular weight is 436 g/mol. The van der Waals surface area contributed by atoms with Gasteiger partial charge in [0.05, 0.1) is 6.54 Å². The molecule has 0 spiro atoms. The van der Waals surface area contributed by atoms with Gasteiger partial charge in [-0.3, -0.25) is 0 Å². The molecule has 0 N–H and O–H groups in total. The van der Waals surface area contributed by atoms with Gasteiger partial charge in [0.1, 0.15) is 11.6 Å². The molecular weight excluding hydrogens is 427 g/mol. The van der Waals surface area contributed by atoms with Crippen molar-refractivity contribution >= 4 is 21.6 Å². The second-order valence-corrected chi connectivity index (χ2v) is 4.95. The molecule has 1 nitrogen and oxygen atoms in total. The Bertz CT molecular complexity index is 593. The first-order chi connectivity index (χ1) is 9.38. The third-order valence-electron chi connectivity index (χ3n) is 2.66. The van der Waals surface area contributed by atoms with E-state index in [9.17, 15) is 17.6 Å². The van der Waals surface area contributed by atoms with Gasteiger partial charge in [-0.2, -0.15) is 12.2 Å². The summed E-state index contributed by atoms with van der Waals surface area (Å²) in [6.07, 6.45) is 1.58. The molecule has 7 heteroatoms. The first-order valence-electron chi connectivity index (χ1n) is 5.59. The Hall–Kier alpha value is -0.456. The van der Waals surface area contributed by atoms with Crippen molar-refractivity contribution in [1.82, 2.24) is 4.90 Å². The summed E-state index contributed by atoms with van der Waals surface area (Å²) in [7, 11) is 0. The van der Waals surface area contributed by atoms with Crippen LogP contribution in [0.2, 0.25) is 0 Å². The summed E-state index contributed by atoms with van der Waals surface area (Å²) in [5, 5.41) is 0. The summed E-state index contributed by atoms with van der Waals surface area (Å²) in [6.45, 7) is 3.04. The van der Waals surface area contributed by atoms with Crippen molar-refractivity contribution < 1.29 is 50.3 Å². The Morgan fingerprint density at radius 3 is 2.29 bits per heavy atom. The minimum Gasteiger partial charge on any atom is -0.369 e. The first-order valence-corrected chi connectivity index (χ1v) is 6.38. The molecule has 0 aliphatic carbocycles. The number of halogens is 5. The minimum absolute atomic E-state index is 0. The molecule has 1 radical (unpaired) electrons. The number of alkyl halides is 2. The molecule has 0 bridgehead atoms. The number of nitrogens with zero attached hydrogens (tertiary/aromatic N) is 1. The van der Waals surface area contributed by atoms with Crippen LogP contribution in [0.5, 0.6) is 0 Å². The normalized spacial score (nSPS) is 14.8. The molecule has 0 fully saturated rings. The molecule has 0 saturated heterocycles. The molecule has 0 amide bonds. The fraction of sp³-hybridized carbons (Fsp3) is 0.143. The van der Waals surface area contributed by atoms with Crippen LogP contribution < -0.4 is 0 Å². The van der Waals surface area contributed by atoms with Crippen molar-refractivity contribution in [2.45, 2.75) is 6.43 Å². The van der Waals surface area contributed by atoms with Gasteiger partial charge in [-0.1, -0.05) is 34.5 Å². The molecule has 1 heterocycles. The molecule has 0 aromatic heterocycles. The molecule has 1 aliphatic heterocycles. The van der Waals surface area contributed by atoms with Gasteiger partial charge in [-0.15, -0.1) is 15.9 Å². The van der Waals surface area contributed by atoms with E-state index >= 15 is 0 Å². The number of allylic oxidation sites excluding steroid dienone is 3. The molecule has 0 atom stereocenters. The van der Waals surface area contributed by atoms with Gasteiger partial charge in [0.2, 0.25) is 0 Å². The first kappa shape index (κ1) is 18.6. The molecule has 109 valence electrons. The van der Waals surface area contributed by atoms with Gasteiger partial charge in [0.15, 0.2) is 0 Å². The van der Waals surface area contributed by atoms with Crippen LogP contribution in [0.15, 0.2) is 41.0 Å². The summed E-state index contributed by atoms with van der Waals surface area (Å²) in [4.78, 5) is 1.17. The van der Waals surface area contributed by atoms with Crippen LogP contribution in [-0.2, 0) is 32.7 Å². The zero-order valence-corrected chi connectivity index (χ0v) is 15.1. The summed E-state index contributed by atoms with van der Waals surface area (Å²) in [5.41, 5.74) is 0.557. The van der Waals surface area contributed by atoms with E-state index in [1.54, 1.807) is 0 Å². The summed E-state index contributed by atoms with van der Waals surface area (Å²) in [6, 6.07) is 2.83.